The van der Waals surface area contributed by atoms with E-state index in [1.54, 1.807) is 12.1 Å². The van der Waals surface area contributed by atoms with Crippen LogP contribution in [0, 0.1) is 17.7 Å². The summed E-state index contributed by atoms with van der Waals surface area (Å²) in [5.74, 6) is 1.72. The highest BCUT2D eigenvalue weighted by Crippen LogP contribution is 2.44. The maximum absolute atomic E-state index is 13.6. The molecule has 4 fully saturated rings. The first kappa shape index (κ1) is 28.5. The van der Waals surface area contributed by atoms with Gasteiger partial charge in [0.1, 0.15) is 25.0 Å². The number of oxazole rings is 1. The van der Waals surface area contributed by atoms with E-state index in [0.717, 1.165) is 86.1 Å². The normalized spacial score (nSPS) is 25.9. The maximum atomic E-state index is 13.6. The summed E-state index contributed by atoms with van der Waals surface area (Å²) in [6.45, 7) is 4.09. The number of piperidine rings is 3. The molecule has 214 valence electrons. The van der Waals surface area contributed by atoms with Crippen LogP contribution < -0.4 is 0 Å². The maximum Gasteiger partial charge on any atom is 0.290 e. The number of quaternary nitrogens is 1. The lowest BCUT2D eigenvalue weighted by Gasteiger charge is -2.52. The zero-order valence-electron chi connectivity index (χ0n) is 23.0. The Morgan fingerprint density at radius 2 is 1.77 bits per heavy atom. The molecule has 3 aliphatic heterocycles. The second-order valence-electron chi connectivity index (χ2n) is 11.7. The minimum atomic E-state index is -1.20. The number of aliphatic hydroxyl groups is 1. The second kappa shape index (κ2) is 12.6. The van der Waals surface area contributed by atoms with Crippen LogP contribution in [0.5, 0.6) is 0 Å². The molecule has 2 atom stereocenters. The number of hydrogen-bond donors (Lipinski definition) is 2. The zero-order valence-corrected chi connectivity index (χ0v) is 23.0. The molecule has 4 heterocycles. The van der Waals surface area contributed by atoms with E-state index in [2.05, 4.69) is 0 Å². The van der Waals surface area contributed by atoms with Crippen molar-refractivity contribution in [3.05, 3.63) is 89.4 Å². The Hall–Kier alpha value is -3.07. The minimum Gasteiger partial charge on any atom is -0.483 e. The van der Waals surface area contributed by atoms with Gasteiger partial charge < -0.3 is 23.9 Å². The zero-order chi connectivity index (χ0) is 28.0. The van der Waals surface area contributed by atoms with Gasteiger partial charge in [-0.05, 0) is 36.1 Å². The van der Waals surface area contributed by atoms with Gasteiger partial charge in [-0.25, -0.2) is 9.37 Å². The van der Waals surface area contributed by atoms with E-state index in [0.29, 0.717) is 18.4 Å². The number of carboxylic acid groups (broad SMARTS) is 1. The molecule has 2 bridgehead atoms. The van der Waals surface area contributed by atoms with Crippen LogP contribution in [-0.4, -0.2) is 51.9 Å². The summed E-state index contributed by atoms with van der Waals surface area (Å²) >= 11 is 0. The van der Waals surface area contributed by atoms with E-state index in [1.165, 1.54) is 12.5 Å². The Morgan fingerprint density at radius 1 is 1.05 bits per heavy atom. The molecule has 3 saturated heterocycles. The van der Waals surface area contributed by atoms with Crippen molar-refractivity contribution in [2.75, 3.05) is 19.6 Å². The van der Waals surface area contributed by atoms with E-state index in [1.807, 2.05) is 42.6 Å². The minimum absolute atomic E-state index is 0.105. The number of nitrogens with zero attached hydrogens (tertiary/aromatic N) is 2. The summed E-state index contributed by atoms with van der Waals surface area (Å²) in [7, 11) is 0. The monoisotopic (exact) mass is 551 g/mol. The molecule has 4 aliphatic rings. The first-order valence-corrected chi connectivity index (χ1v) is 14.5. The highest BCUT2D eigenvalue weighted by atomic mass is 19.1. The van der Waals surface area contributed by atoms with E-state index in [4.69, 9.17) is 24.0 Å². The van der Waals surface area contributed by atoms with Crippen molar-refractivity contribution >= 4 is 6.47 Å². The summed E-state index contributed by atoms with van der Waals surface area (Å²) in [5.41, 5.74) is 0.545. The number of hydrogen-bond acceptors (Lipinski definition) is 5. The van der Waals surface area contributed by atoms with Gasteiger partial charge in [0.15, 0.2) is 11.4 Å². The van der Waals surface area contributed by atoms with Gasteiger partial charge in [-0.15, -0.1) is 0 Å². The fourth-order valence-corrected chi connectivity index (χ4v) is 7.10. The van der Waals surface area contributed by atoms with Gasteiger partial charge in [0.2, 0.25) is 5.89 Å². The lowest BCUT2D eigenvalue weighted by Crippen LogP contribution is -2.63. The summed E-state index contributed by atoms with van der Waals surface area (Å²) in [5, 5.41) is 19.0. The number of rotatable bonds is 8. The number of halogens is 1. The summed E-state index contributed by atoms with van der Waals surface area (Å²) in [6, 6.07) is 16.6. The van der Waals surface area contributed by atoms with Crippen LogP contribution in [0.15, 0.2) is 65.2 Å². The molecule has 2 aromatic carbocycles. The molecule has 1 aliphatic carbocycles. The highest BCUT2D eigenvalue weighted by Gasteiger charge is 2.48. The largest absolute Gasteiger partial charge is 0.483 e. The topological polar surface area (TPSA) is 92.8 Å². The van der Waals surface area contributed by atoms with Crippen molar-refractivity contribution in [3.8, 4) is 0 Å². The van der Waals surface area contributed by atoms with E-state index in [-0.39, 0.29) is 24.3 Å². The molecule has 7 rings (SSSR count). The average molecular weight is 552 g/mol. The van der Waals surface area contributed by atoms with Crippen molar-refractivity contribution in [3.63, 3.8) is 0 Å². The molecule has 3 aromatic rings. The third kappa shape index (κ3) is 6.14. The summed E-state index contributed by atoms with van der Waals surface area (Å²) in [6.07, 6.45) is 9.71. The van der Waals surface area contributed by atoms with Crippen molar-refractivity contribution in [2.24, 2.45) is 11.8 Å². The fraction of sp³-hybridized carbons (Fsp3) is 0.500. The van der Waals surface area contributed by atoms with Crippen LogP contribution in [0.2, 0.25) is 0 Å². The lowest BCUT2D eigenvalue weighted by molar-refractivity contribution is -0.959. The van der Waals surface area contributed by atoms with E-state index < -0.39 is 5.60 Å². The third-order valence-corrected chi connectivity index (χ3v) is 9.18. The predicted octanol–water partition coefficient (Wildman–Crippen LogP) is 5.66. The van der Waals surface area contributed by atoms with Crippen molar-refractivity contribution in [1.82, 2.24) is 4.98 Å². The average Bonchev–Trinajstić information content (AvgIpc) is 3.46. The van der Waals surface area contributed by atoms with Gasteiger partial charge >= 0.3 is 0 Å². The van der Waals surface area contributed by atoms with Gasteiger partial charge in [-0.2, -0.15) is 0 Å². The molecule has 7 nitrogen and oxygen atoms in total. The number of carbonyl (C=O) groups is 1. The SMILES string of the molecule is O=CO.O[C@](c1ccccc1)(c1ncc(C[N+]23CCC(CC2)[C@@H](OCc2cccc(F)c2)C3)o1)C1CCCCC1. The Bertz CT molecular complexity index is 1240. The first-order valence-electron chi connectivity index (χ1n) is 14.5. The van der Waals surface area contributed by atoms with Crippen molar-refractivity contribution < 1.29 is 33.0 Å². The summed E-state index contributed by atoms with van der Waals surface area (Å²) < 4.78 is 27.3. The molecule has 8 heteroatoms. The Balaban J connectivity index is 0.00000103. The Kier molecular flexibility index (Phi) is 8.98. The van der Waals surface area contributed by atoms with E-state index in [9.17, 15) is 9.50 Å². The van der Waals surface area contributed by atoms with Crippen LogP contribution in [0.4, 0.5) is 4.39 Å². The van der Waals surface area contributed by atoms with Crippen LogP contribution in [-0.2, 0) is 28.3 Å². The van der Waals surface area contributed by atoms with Crippen LogP contribution >= 0.6 is 0 Å². The fourth-order valence-electron chi connectivity index (χ4n) is 7.10. The predicted molar refractivity (Wildman–Crippen MR) is 147 cm³/mol. The second-order valence-corrected chi connectivity index (χ2v) is 11.7. The molecule has 1 aromatic heterocycles. The van der Waals surface area contributed by atoms with Gasteiger partial charge in [0.05, 0.1) is 25.9 Å². The van der Waals surface area contributed by atoms with Crippen LogP contribution in [0.3, 0.4) is 0 Å². The number of aromatic nitrogens is 1. The van der Waals surface area contributed by atoms with Crippen molar-refractivity contribution in [1.29, 1.82) is 0 Å². The molecular formula is C32H40FN2O5+. The first-order chi connectivity index (χ1) is 19.5. The molecule has 2 N–H and O–H groups in total. The lowest BCUT2D eigenvalue weighted by atomic mass is 9.73. The number of ether oxygens (including phenoxy) is 1. The molecule has 0 spiro atoms. The van der Waals surface area contributed by atoms with Crippen LogP contribution in [0.25, 0.3) is 0 Å². The Morgan fingerprint density at radius 3 is 2.48 bits per heavy atom. The summed E-state index contributed by atoms with van der Waals surface area (Å²) in [4.78, 5) is 13.1. The molecule has 0 radical (unpaired) electrons. The van der Waals surface area contributed by atoms with Gasteiger partial charge in [0, 0.05) is 24.7 Å². The molecular weight excluding hydrogens is 511 g/mol. The Labute approximate surface area is 235 Å². The van der Waals surface area contributed by atoms with Gasteiger partial charge in [-0.3, -0.25) is 4.79 Å². The quantitative estimate of drug-likeness (QED) is 0.277. The molecule has 0 amide bonds. The van der Waals surface area contributed by atoms with Crippen LogP contribution in [0.1, 0.15) is 67.7 Å². The number of benzene rings is 2. The molecule has 1 saturated carbocycles. The molecule has 40 heavy (non-hydrogen) atoms. The van der Waals surface area contributed by atoms with Gasteiger partial charge in [-0.1, -0.05) is 61.7 Å². The van der Waals surface area contributed by atoms with Gasteiger partial charge in [0.25, 0.3) is 6.47 Å². The molecule has 0 unspecified atom stereocenters. The number of fused-ring (bicyclic) bond motifs is 3. The smallest absolute Gasteiger partial charge is 0.290 e. The third-order valence-electron chi connectivity index (χ3n) is 9.18. The highest BCUT2D eigenvalue weighted by molar-refractivity contribution is 5.32. The standard InChI is InChI=1S/C31H38FN2O3.CH2O2/c32-27-13-7-8-23(18-27)22-36-29-21-34(16-14-24(29)15-17-34)20-28-19-33-30(37-28)31(35,25-9-3-1-4-10-25)26-11-5-2-6-12-26;2-1-3/h1,3-4,7-10,13,18-19,24,26,29,35H,2,5-6,11-12,14-17,20-22H2;1H,(H,2,3)/q+1;/t24?,29-,31-,34?;/m0./s1. The van der Waals surface area contributed by atoms with E-state index >= 15 is 0 Å². The van der Waals surface area contributed by atoms with Crippen molar-refractivity contribution in [2.45, 2.75) is 69.8 Å².